The van der Waals surface area contributed by atoms with Gasteiger partial charge < -0.3 is 29.0 Å². The average molecular weight is 383 g/mol. The van der Waals surface area contributed by atoms with E-state index in [0.717, 1.165) is 0 Å². The van der Waals surface area contributed by atoms with Crippen LogP contribution >= 0.6 is 0 Å². The highest BCUT2D eigenvalue weighted by atomic mass is 16.5. The number of nitrogens with one attached hydrogen (secondary N) is 1. The van der Waals surface area contributed by atoms with Gasteiger partial charge in [0.25, 0.3) is 0 Å². The van der Waals surface area contributed by atoms with Crippen LogP contribution in [0.4, 0.5) is 0 Å². The first-order valence-electron chi connectivity index (χ1n) is 8.65. The van der Waals surface area contributed by atoms with E-state index in [1.807, 2.05) is 20.8 Å². The lowest BCUT2D eigenvalue weighted by atomic mass is 10.2. The van der Waals surface area contributed by atoms with Crippen LogP contribution in [-0.4, -0.2) is 58.2 Å². The molecule has 1 N–H and O–H groups in total. The Hall–Kier alpha value is -2.32. The first kappa shape index (κ1) is 22.7. The van der Waals surface area contributed by atoms with Crippen molar-refractivity contribution in [2.45, 2.75) is 39.0 Å². The Balaban J connectivity index is 2.80. The normalized spacial score (nSPS) is 12.2. The van der Waals surface area contributed by atoms with Crippen LogP contribution in [0, 0.1) is 0 Å². The van der Waals surface area contributed by atoms with Crippen LogP contribution in [0.2, 0.25) is 0 Å². The second kappa shape index (κ2) is 11.4. The predicted molar refractivity (Wildman–Crippen MR) is 99.1 cm³/mol. The quantitative estimate of drug-likeness (QED) is 0.256. The lowest BCUT2D eigenvalue weighted by Crippen LogP contribution is -2.38. The molecule has 8 heteroatoms. The topological polar surface area (TPSA) is 92.3 Å². The van der Waals surface area contributed by atoms with E-state index in [2.05, 4.69) is 5.32 Å². The molecule has 1 amide bonds. The molecule has 0 fully saturated rings. The fourth-order valence-corrected chi connectivity index (χ4v) is 2.19. The zero-order valence-corrected chi connectivity index (χ0v) is 16.6. The highest BCUT2D eigenvalue weighted by Gasteiger charge is 2.19. The monoisotopic (exact) mass is 383 g/mol. The molecule has 1 aromatic carbocycles. The average Bonchev–Trinajstić information content (AvgIpc) is 2.60. The van der Waals surface area contributed by atoms with E-state index in [4.69, 9.17) is 23.7 Å². The maximum Gasteiger partial charge on any atom is 0.341 e. The van der Waals surface area contributed by atoms with Gasteiger partial charge in [-0.3, -0.25) is 4.79 Å². The van der Waals surface area contributed by atoms with Crippen molar-refractivity contribution < 1.29 is 33.3 Å². The van der Waals surface area contributed by atoms with Crippen molar-refractivity contribution in [3.8, 4) is 11.5 Å². The molecule has 0 aromatic heterocycles. The van der Waals surface area contributed by atoms with Gasteiger partial charge in [0.2, 0.25) is 6.41 Å². The largest absolute Gasteiger partial charge is 0.492 e. The van der Waals surface area contributed by atoms with Crippen LogP contribution in [0.1, 0.15) is 37.6 Å². The summed E-state index contributed by atoms with van der Waals surface area (Å²) < 4.78 is 26.8. The fourth-order valence-electron chi connectivity index (χ4n) is 2.19. The molecule has 0 saturated carbocycles. The third kappa shape index (κ3) is 8.74. The van der Waals surface area contributed by atoms with Gasteiger partial charge in [-0.05, 0) is 32.9 Å². The van der Waals surface area contributed by atoms with E-state index < -0.39 is 17.8 Å². The highest BCUT2D eigenvalue weighted by molar-refractivity contribution is 5.92. The Morgan fingerprint density at radius 3 is 2.48 bits per heavy atom. The third-order valence-corrected chi connectivity index (χ3v) is 3.30. The van der Waals surface area contributed by atoms with Gasteiger partial charge in [-0.15, -0.1) is 0 Å². The zero-order chi connectivity index (χ0) is 20.3. The van der Waals surface area contributed by atoms with Gasteiger partial charge in [0.1, 0.15) is 29.9 Å². The minimum atomic E-state index is -0.512. The lowest BCUT2D eigenvalue weighted by molar-refractivity contribution is -0.121. The van der Waals surface area contributed by atoms with Crippen LogP contribution < -0.4 is 14.8 Å². The first-order chi connectivity index (χ1) is 12.8. The molecule has 0 radical (unpaired) electrons. The summed E-state index contributed by atoms with van der Waals surface area (Å²) in [6.07, 6.45) is 0.469. The Kier molecular flexibility index (Phi) is 9.60. The van der Waals surface area contributed by atoms with Crippen molar-refractivity contribution >= 4 is 12.4 Å². The molecular weight excluding hydrogens is 354 g/mol. The summed E-state index contributed by atoms with van der Waals surface area (Å²) in [7, 11) is 2.89. The van der Waals surface area contributed by atoms with Crippen molar-refractivity contribution in [2.75, 3.05) is 34.0 Å². The molecule has 27 heavy (non-hydrogen) atoms. The van der Waals surface area contributed by atoms with E-state index in [1.165, 1.54) is 7.11 Å². The molecule has 0 aliphatic carbocycles. The maximum atomic E-state index is 11.9. The predicted octanol–water partition coefficient (Wildman–Crippen LogP) is 2.15. The van der Waals surface area contributed by atoms with E-state index in [1.54, 1.807) is 25.3 Å². The number of carbonyl (C=O) groups is 2. The summed E-state index contributed by atoms with van der Waals surface area (Å²) in [5.41, 5.74) is -0.138. The smallest absolute Gasteiger partial charge is 0.341 e. The maximum absolute atomic E-state index is 11.9. The van der Waals surface area contributed by atoms with Gasteiger partial charge in [-0.25, -0.2) is 4.79 Å². The number of ether oxygens (including phenoxy) is 5. The standard InChI is InChI=1S/C19H29NO7/c1-19(2,3)27-17(20-13-21)8-9-26-16-12-14(25-11-10-23-4)6-7-15(16)18(22)24-5/h6-7,12-13,17H,8-11H2,1-5H3,(H,20,21). The van der Waals surface area contributed by atoms with Crippen molar-refractivity contribution in [3.63, 3.8) is 0 Å². The number of amides is 1. The molecule has 0 bridgehead atoms. The van der Waals surface area contributed by atoms with Crippen molar-refractivity contribution in [3.05, 3.63) is 23.8 Å². The molecule has 152 valence electrons. The highest BCUT2D eigenvalue weighted by Crippen LogP contribution is 2.26. The summed E-state index contributed by atoms with van der Waals surface area (Å²) in [4.78, 5) is 22.7. The van der Waals surface area contributed by atoms with Crippen LogP contribution in [-0.2, 0) is 19.0 Å². The van der Waals surface area contributed by atoms with Crippen molar-refractivity contribution in [1.82, 2.24) is 5.32 Å². The minimum Gasteiger partial charge on any atom is -0.492 e. The third-order valence-electron chi connectivity index (χ3n) is 3.30. The molecule has 1 unspecified atom stereocenters. The Morgan fingerprint density at radius 2 is 1.89 bits per heavy atom. The van der Waals surface area contributed by atoms with E-state index in [9.17, 15) is 9.59 Å². The molecule has 1 aromatic rings. The van der Waals surface area contributed by atoms with Gasteiger partial charge in [0.05, 0.1) is 25.9 Å². The SMILES string of the molecule is COCCOc1ccc(C(=O)OC)c(OCCC(NC=O)OC(C)(C)C)c1. The van der Waals surface area contributed by atoms with Gasteiger partial charge in [-0.2, -0.15) is 0 Å². The van der Waals surface area contributed by atoms with Crippen molar-refractivity contribution in [1.29, 1.82) is 0 Å². The Labute approximate surface area is 160 Å². The molecule has 0 spiro atoms. The molecule has 1 atom stereocenters. The number of esters is 1. The number of hydrogen-bond acceptors (Lipinski definition) is 7. The van der Waals surface area contributed by atoms with Gasteiger partial charge in [0.15, 0.2) is 0 Å². The van der Waals surface area contributed by atoms with Crippen LogP contribution in [0.3, 0.4) is 0 Å². The molecular formula is C19H29NO7. The number of benzene rings is 1. The molecule has 8 nitrogen and oxygen atoms in total. The number of carbonyl (C=O) groups excluding carboxylic acids is 2. The van der Waals surface area contributed by atoms with Gasteiger partial charge >= 0.3 is 5.97 Å². The molecule has 1 rings (SSSR count). The number of methoxy groups -OCH3 is 2. The summed E-state index contributed by atoms with van der Waals surface area (Å²) in [5, 5.41) is 2.61. The number of hydrogen-bond donors (Lipinski definition) is 1. The van der Waals surface area contributed by atoms with E-state index in [0.29, 0.717) is 37.5 Å². The summed E-state index contributed by atoms with van der Waals surface area (Å²) in [6, 6.07) is 4.86. The van der Waals surface area contributed by atoms with E-state index in [-0.39, 0.29) is 12.2 Å². The Bertz CT molecular complexity index is 598. The van der Waals surface area contributed by atoms with Crippen LogP contribution in [0.15, 0.2) is 18.2 Å². The molecule has 0 saturated heterocycles. The summed E-state index contributed by atoms with van der Waals surface area (Å²) in [5.74, 6) is 0.363. The second-order valence-corrected chi connectivity index (χ2v) is 6.63. The van der Waals surface area contributed by atoms with Crippen LogP contribution in [0.5, 0.6) is 11.5 Å². The lowest BCUT2D eigenvalue weighted by Gasteiger charge is -2.27. The molecule has 0 aliphatic rings. The minimum absolute atomic E-state index is 0.215. The fraction of sp³-hybridized carbons (Fsp3) is 0.579. The van der Waals surface area contributed by atoms with Crippen LogP contribution in [0.25, 0.3) is 0 Å². The van der Waals surface area contributed by atoms with Gasteiger partial charge in [0, 0.05) is 19.6 Å². The summed E-state index contributed by atoms with van der Waals surface area (Å²) >= 11 is 0. The zero-order valence-electron chi connectivity index (χ0n) is 16.6. The second-order valence-electron chi connectivity index (χ2n) is 6.63. The van der Waals surface area contributed by atoms with Crippen molar-refractivity contribution in [2.24, 2.45) is 0 Å². The molecule has 0 heterocycles. The summed E-state index contributed by atoms with van der Waals surface area (Å²) in [6.45, 7) is 6.71. The Morgan fingerprint density at radius 1 is 1.15 bits per heavy atom. The first-order valence-corrected chi connectivity index (χ1v) is 8.65. The number of rotatable bonds is 12. The van der Waals surface area contributed by atoms with Gasteiger partial charge in [-0.1, -0.05) is 0 Å². The molecule has 0 aliphatic heterocycles. The van der Waals surface area contributed by atoms with E-state index >= 15 is 0 Å².